The van der Waals surface area contributed by atoms with Crippen molar-refractivity contribution in [1.29, 1.82) is 0 Å². The number of carbonyl (C=O) groups is 1. The van der Waals surface area contributed by atoms with Crippen LogP contribution in [-0.4, -0.2) is 69.6 Å². The molecule has 0 amide bonds. The lowest BCUT2D eigenvalue weighted by Crippen LogP contribution is -2.60. The van der Waals surface area contributed by atoms with E-state index in [1.165, 1.54) is 6.92 Å². The van der Waals surface area contributed by atoms with Crippen LogP contribution in [0.2, 0.25) is 0 Å². The Bertz CT molecular complexity index is 320. The molecule has 0 radical (unpaired) electrons. The minimum absolute atomic E-state index is 0.192. The van der Waals surface area contributed by atoms with Gasteiger partial charge in [0.05, 0.1) is 4.11 Å². The van der Waals surface area contributed by atoms with E-state index >= 15 is 0 Å². The molecular formula is C11H20O7. The molecule has 0 aromatic heterocycles. The molecule has 7 heteroatoms. The Morgan fingerprint density at radius 1 is 1.22 bits per heavy atom. The Kier molecular flexibility index (Phi) is 4.33. The van der Waals surface area contributed by atoms with Gasteiger partial charge in [-0.05, 0) is 0 Å². The number of aliphatic hydroxyl groups excluding tert-OH is 1. The monoisotopic (exact) mass is 267 g/mol. The number of ether oxygens (including phenoxy) is 5. The standard InChI is InChI=1S/C11H20O7/c1-6(12)17-5-7-8(14-2)9(15-3)10(16-4)11(13)18-7/h7-11,13H,5H2,1-4H3/t7-,8-,9+,10-,11?/m1/s1/i2D,3D,4D. The van der Waals surface area contributed by atoms with Crippen LogP contribution in [-0.2, 0) is 28.5 Å². The third-order valence-electron chi connectivity index (χ3n) is 2.64. The summed E-state index contributed by atoms with van der Waals surface area (Å²) in [7, 11) is -1.27. The van der Waals surface area contributed by atoms with E-state index in [9.17, 15) is 9.90 Å². The molecule has 0 spiro atoms. The molecule has 0 aromatic carbocycles. The third kappa shape index (κ3) is 3.39. The van der Waals surface area contributed by atoms with Gasteiger partial charge in [-0.25, -0.2) is 0 Å². The lowest BCUT2D eigenvalue weighted by atomic mass is 9.98. The SMILES string of the molecule is [2H]CO[C@H]1[C@H](OC[2H])[C@@H](OC[2H])C(O)O[C@@H]1COC(C)=O. The normalized spacial score (nSPS) is 38.6. The number of carbonyl (C=O) groups excluding carboxylic acids is 1. The number of rotatable bonds is 5. The zero-order valence-corrected chi connectivity index (χ0v) is 10.1. The highest BCUT2D eigenvalue weighted by atomic mass is 16.7. The topological polar surface area (TPSA) is 83.5 Å². The lowest BCUT2D eigenvalue weighted by molar-refractivity contribution is -0.300. The van der Waals surface area contributed by atoms with Crippen LogP contribution in [0.4, 0.5) is 0 Å². The minimum atomic E-state index is -1.42. The second-order valence-corrected chi connectivity index (χ2v) is 3.76. The molecule has 1 rings (SSSR count). The molecule has 7 nitrogen and oxygen atoms in total. The molecule has 106 valence electrons. The first kappa shape index (κ1) is 11.1. The van der Waals surface area contributed by atoms with Gasteiger partial charge in [0.25, 0.3) is 0 Å². The molecule has 0 aliphatic carbocycles. The van der Waals surface area contributed by atoms with Crippen LogP contribution in [0, 0.1) is 0 Å². The number of aliphatic hydroxyl groups is 1. The first-order chi connectivity index (χ1) is 10.0. The Hall–Kier alpha value is -0.730. The zero-order valence-electron chi connectivity index (χ0n) is 13.1. The summed E-state index contributed by atoms with van der Waals surface area (Å²) in [5.74, 6) is -0.528. The smallest absolute Gasteiger partial charge is 0.302 e. The van der Waals surface area contributed by atoms with Crippen LogP contribution in [0.15, 0.2) is 0 Å². The molecule has 0 bridgehead atoms. The Labute approximate surface area is 110 Å². The van der Waals surface area contributed by atoms with Crippen molar-refractivity contribution in [2.24, 2.45) is 0 Å². The van der Waals surface area contributed by atoms with E-state index in [4.69, 9.17) is 27.8 Å². The van der Waals surface area contributed by atoms with E-state index in [0.717, 1.165) is 0 Å². The number of esters is 1. The highest BCUT2D eigenvalue weighted by Gasteiger charge is 2.46. The fraction of sp³-hybridized carbons (Fsp3) is 0.909. The molecular weight excluding hydrogens is 244 g/mol. The highest BCUT2D eigenvalue weighted by Crippen LogP contribution is 2.26. The van der Waals surface area contributed by atoms with Gasteiger partial charge in [-0.15, -0.1) is 0 Å². The van der Waals surface area contributed by atoms with Gasteiger partial charge in [0.15, 0.2) is 6.29 Å². The Morgan fingerprint density at radius 3 is 2.44 bits per heavy atom. The van der Waals surface area contributed by atoms with Gasteiger partial charge in [0.1, 0.15) is 31.0 Å². The number of methoxy groups -OCH3 is 3. The van der Waals surface area contributed by atoms with Crippen molar-refractivity contribution in [3.63, 3.8) is 0 Å². The molecule has 1 heterocycles. The van der Waals surface area contributed by atoms with Crippen molar-refractivity contribution in [2.45, 2.75) is 37.6 Å². The summed E-state index contributed by atoms with van der Waals surface area (Å²) < 4.78 is 46.9. The van der Waals surface area contributed by atoms with Gasteiger partial charge in [-0.2, -0.15) is 0 Å². The fourth-order valence-corrected chi connectivity index (χ4v) is 1.80. The van der Waals surface area contributed by atoms with Crippen molar-refractivity contribution in [3.05, 3.63) is 0 Å². The van der Waals surface area contributed by atoms with Crippen molar-refractivity contribution < 1.29 is 37.7 Å². The summed E-state index contributed by atoms with van der Waals surface area (Å²) in [6, 6.07) is 0. The first-order valence-corrected chi connectivity index (χ1v) is 5.24. The summed E-state index contributed by atoms with van der Waals surface area (Å²) in [5, 5.41) is 9.90. The molecule has 1 saturated heterocycles. The largest absolute Gasteiger partial charge is 0.463 e. The number of hydrogen-bond donors (Lipinski definition) is 1. The molecule has 5 atom stereocenters. The lowest BCUT2D eigenvalue weighted by Gasteiger charge is -2.42. The van der Waals surface area contributed by atoms with E-state index in [1.807, 2.05) is 0 Å². The Balaban J connectivity index is 2.86. The van der Waals surface area contributed by atoms with E-state index in [2.05, 4.69) is 0 Å². The van der Waals surface area contributed by atoms with E-state index in [-0.39, 0.29) is 6.61 Å². The summed E-state index contributed by atoms with van der Waals surface area (Å²) in [6.07, 6.45) is -5.10. The van der Waals surface area contributed by atoms with E-state index in [1.54, 1.807) is 0 Å². The second kappa shape index (κ2) is 7.01. The predicted octanol–water partition coefficient (Wildman–Crippen LogP) is -0.688. The summed E-state index contributed by atoms with van der Waals surface area (Å²) >= 11 is 0. The maximum atomic E-state index is 10.9. The summed E-state index contributed by atoms with van der Waals surface area (Å²) in [5.41, 5.74) is 0. The minimum Gasteiger partial charge on any atom is -0.463 e. The first-order valence-electron chi connectivity index (χ1n) is 7.36. The average molecular weight is 267 g/mol. The van der Waals surface area contributed by atoms with Gasteiger partial charge >= 0.3 is 5.97 Å². The van der Waals surface area contributed by atoms with Crippen LogP contribution in [0.3, 0.4) is 0 Å². The van der Waals surface area contributed by atoms with Crippen LogP contribution in [0.5, 0.6) is 0 Å². The van der Waals surface area contributed by atoms with Crippen molar-refractivity contribution >= 4 is 5.97 Å². The summed E-state index contributed by atoms with van der Waals surface area (Å²) in [6.45, 7) is 1.03. The maximum absolute atomic E-state index is 10.9. The molecule has 1 N–H and O–H groups in total. The molecule has 1 aliphatic heterocycles. The van der Waals surface area contributed by atoms with Gasteiger partial charge in [0.2, 0.25) is 0 Å². The van der Waals surface area contributed by atoms with E-state index < -0.39 is 57.9 Å². The zero-order chi connectivity index (χ0) is 15.8. The highest BCUT2D eigenvalue weighted by molar-refractivity contribution is 5.65. The van der Waals surface area contributed by atoms with Crippen molar-refractivity contribution in [2.75, 3.05) is 27.9 Å². The molecule has 0 saturated carbocycles. The van der Waals surface area contributed by atoms with Gasteiger partial charge < -0.3 is 28.8 Å². The fourth-order valence-electron chi connectivity index (χ4n) is 1.80. The van der Waals surface area contributed by atoms with Gasteiger partial charge in [-0.3, -0.25) is 4.79 Å². The van der Waals surface area contributed by atoms with E-state index in [0.29, 0.717) is 0 Å². The van der Waals surface area contributed by atoms with Crippen LogP contribution in [0.25, 0.3) is 0 Å². The second-order valence-electron chi connectivity index (χ2n) is 3.76. The van der Waals surface area contributed by atoms with Crippen LogP contribution >= 0.6 is 0 Å². The van der Waals surface area contributed by atoms with Gasteiger partial charge in [-0.1, -0.05) is 0 Å². The van der Waals surface area contributed by atoms with Gasteiger partial charge in [0, 0.05) is 28.2 Å². The van der Waals surface area contributed by atoms with Crippen molar-refractivity contribution in [3.8, 4) is 0 Å². The Morgan fingerprint density at radius 2 is 1.83 bits per heavy atom. The molecule has 1 aliphatic rings. The predicted molar refractivity (Wildman–Crippen MR) is 59.9 cm³/mol. The van der Waals surface area contributed by atoms with Crippen LogP contribution in [0.1, 0.15) is 11.0 Å². The number of hydrogen-bond acceptors (Lipinski definition) is 7. The third-order valence-corrected chi connectivity index (χ3v) is 2.64. The molecule has 1 fully saturated rings. The van der Waals surface area contributed by atoms with Crippen LogP contribution < -0.4 is 0 Å². The summed E-state index contributed by atoms with van der Waals surface area (Å²) in [4.78, 5) is 10.9. The molecule has 18 heavy (non-hydrogen) atoms. The van der Waals surface area contributed by atoms with Crippen molar-refractivity contribution in [1.82, 2.24) is 0 Å². The molecule has 0 aromatic rings. The molecule has 1 unspecified atom stereocenters. The maximum Gasteiger partial charge on any atom is 0.302 e. The average Bonchev–Trinajstić information content (AvgIpc) is 2.44. The quantitative estimate of drug-likeness (QED) is 0.660.